The number of ether oxygens (including phenoxy) is 3. The van der Waals surface area contributed by atoms with Crippen LogP contribution in [0.15, 0.2) is 34.9 Å². The summed E-state index contributed by atoms with van der Waals surface area (Å²) in [7, 11) is 1.28. The molecule has 1 aromatic carbocycles. The van der Waals surface area contributed by atoms with Gasteiger partial charge in [0.05, 0.1) is 13.4 Å². The molecule has 0 saturated heterocycles. The zero-order valence-electron chi connectivity index (χ0n) is 13.7. The Morgan fingerprint density at radius 3 is 2.67 bits per heavy atom. The lowest BCUT2D eigenvalue weighted by Crippen LogP contribution is -2.12. The van der Waals surface area contributed by atoms with Gasteiger partial charge in [0.1, 0.15) is 23.0 Å². The van der Waals surface area contributed by atoms with Crippen LogP contribution in [0.1, 0.15) is 51.8 Å². The molecule has 2 heterocycles. The van der Waals surface area contributed by atoms with Crippen LogP contribution in [0.25, 0.3) is 0 Å². The Balaban J connectivity index is 1.76. The lowest BCUT2D eigenvalue weighted by atomic mass is 9.97. The molecule has 2 aromatic rings. The minimum Gasteiger partial charge on any atom is -0.489 e. The first-order valence-corrected chi connectivity index (χ1v) is 7.64. The molecule has 1 aliphatic heterocycles. The Bertz CT molecular complexity index is 776. The summed E-state index contributed by atoms with van der Waals surface area (Å²) < 4.78 is 20.9. The van der Waals surface area contributed by atoms with E-state index in [1.165, 1.54) is 19.4 Å². The van der Waals surface area contributed by atoms with Gasteiger partial charge in [-0.2, -0.15) is 0 Å². The van der Waals surface area contributed by atoms with E-state index in [9.17, 15) is 9.59 Å². The second-order valence-corrected chi connectivity index (χ2v) is 5.66. The number of esters is 2. The summed E-state index contributed by atoms with van der Waals surface area (Å²) in [4.78, 5) is 24.0. The molecule has 0 aliphatic carbocycles. The lowest BCUT2D eigenvalue weighted by molar-refractivity contribution is 0.0427. The van der Waals surface area contributed by atoms with E-state index in [0.717, 1.165) is 5.56 Å². The molecule has 6 nitrogen and oxygen atoms in total. The Labute approximate surface area is 139 Å². The Morgan fingerprint density at radius 1 is 1.12 bits per heavy atom. The molecule has 2 atom stereocenters. The first-order chi connectivity index (χ1) is 11.5. The van der Waals surface area contributed by atoms with Crippen LogP contribution in [0.5, 0.6) is 5.75 Å². The van der Waals surface area contributed by atoms with Crippen molar-refractivity contribution in [1.29, 1.82) is 0 Å². The molecule has 1 aromatic heterocycles. The van der Waals surface area contributed by atoms with Crippen LogP contribution in [-0.4, -0.2) is 25.2 Å². The van der Waals surface area contributed by atoms with Crippen molar-refractivity contribution >= 4 is 11.9 Å². The largest absolute Gasteiger partial charge is 0.489 e. The number of carbonyl (C=O) groups excluding carboxylic acids is 2. The summed E-state index contributed by atoms with van der Waals surface area (Å²) >= 11 is 0. The highest BCUT2D eigenvalue weighted by Gasteiger charge is 2.31. The minimum atomic E-state index is -0.540. The predicted molar refractivity (Wildman–Crippen MR) is 84.1 cm³/mol. The highest BCUT2D eigenvalue weighted by atomic mass is 16.5. The third kappa shape index (κ3) is 2.75. The molecule has 3 rings (SSSR count). The fraction of sp³-hybridized carbons (Fsp3) is 0.333. The summed E-state index contributed by atoms with van der Waals surface area (Å²) in [6.07, 6.45) is 1.35. The topological polar surface area (TPSA) is 75.0 Å². The maximum atomic E-state index is 12.4. The van der Waals surface area contributed by atoms with Crippen LogP contribution < -0.4 is 4.74 Å². The van der Waals surface area contributed by atoms with Crippen molar-refractivity contribution in [2.75, 3.05) is 7.11 Å². The summed E-state index contributed by atoms with van der Waals surface area (Å²) in [5.74, 6) is -0.0499. The number of methoxy groups -OCH3 is 1. The van der Waals surface area contributed by atoms with Crippen LogP contribution in [0.4, 0.5) is 0 Å². The number of benzene rings is 1. The van der Waals surface area contributed by atoms with Gasteiger partial charge in [-0.15, -0.1) is 0 Å². The van der Waals surface area contributed by atoms with E-state index < -0.39 is 11.9 Å². The highest BCUT2D eigenvalue weighted by molar-refractivity contribution is 5.94. The number of carbonyl (C=O) groups is 2. The molecule has 6 heteroatoms. The Morgan fingerprint density at radius 2 is 1.92 bits per heavy atom. The van der Waals surface area contributed by atoms with Gasteiger partial charge in [-0.3, -0.25) is 0 Å². The van der Waals surface area contributed by atoms with E-state index in [0.29, 0.717) is 11.3 Å². The number of hydrogen-bond acceptors (Lipinski definition) is 6. The first kappa shape index (κ1) is 16.1. The molecule has 0 unspecified atom stereocenters. The van der Waals surface area contributed by atoms with Crippen molar-refractivity contribution < 1.29 is 28.2 Å². The van der Waals surface area contributed by atoms with Crippen LogP contribution in [0.2, 0.25) is 0 Å². The van der Waals surface area contributed by atoms with E-state index >= 15 is 0 Å². The van der Waals surface area contributed by atoms with Crippen LogP contribution >= 0.6 is 0 Å². The van der Waals surface area contributed by atoms with Gasteiger partial charge in [0.2, 0.25) is 0 Å². The molecular weight excluding hydrogens is 312 g/mol. The smallest absolute Gasteiger partial charge is 0.342 e. The van der Waals surface area contributed by atoms with E-state index in [1.54, 1.807) is 12.1 Å². The third-order valence-electron chi connectivity index (χ3n) is 4.25. The Hall–Kier alpha value is -2.76. The second kappa shape index (κ2) is 6.39. The van der Waals surface area contributed by atoms with E-state index in [1.807, 2.05) is 13.0 Å². The standard InChI is InChI=1S/C18H18O6/c1-10-11(2)24-16-12(10)5-4-6-14(16)18(20)23-9-15-13(7-8-22-15)17(19)21-3/h4-8,10-11H,9H2,1-3H3/t10-,11-/m0/s1. The molecule has 0 radical (unpaired) electrons. The van der Waals surface area contributed by atoms with Gasteiger partial charge in [0, 0.05) is 11.5 Å². The second-order valence-electron chi connectivity index (χ2n) is 5.66. The normalized spacial score (nSPS) is 18.6. The monoisotopic (exact) mass is 330 g/mol. The van der Waals surface area contributed by atoms with Crippen molar-refractivity contribution in [1.82, 2.24) is 0 Å². The summed E-state index contributed by atoms with van der Waals surface area (Å²) in [6.45, 7) is 3.85. The zero-order valence-corrected chi connectivity index (χ0v) is 13.7. The molecule has 24 heavy (non-hydrogen) atoms. The quantitative estimate of drug-likeness (QED) is 0.801. The fourth-order valence-corrected chi connectivity index (χ4v) is 2.70. The number of furan rings is 1. The van der Waals surface area contributed by atoms with Gasteiger partial charge in [0.15, 0.2) is 12.4 Å². The van der Waals surface area contributed by atoms with E-state index in [4.69, 9.17) is 13.9 Å². The van der Waals surface area contributed by atoms with Crippen molar-refractivity contribution in [3.8, 4) is 5.75 Å². The van der Waals surface area contributed by atoms with Gasteiger partial charge >= 0.3 is 11.9 Å². The molecular formula is C18H18O6. The fourth-order valence-electron chi connectivity index (χ4n) is 2.70. The van der Waals surface area contributed by atoms with Crippen LogP contribution in [0.3, 0.4) is 0 Å². The number of fused-ring (bicyclic) bond motifs is 1. The van der Waals surface area contributed by atoms with E-state index in [-0.39, 0.29) is 30.0 Å². The Kier molecular flexibility index (Phi) is 4.29. The van der Waals surface area contributed by atoms with Crippen molar-refractivity contribution in [3.63, 3.8) is 0 Å². The van der Waals surface area contributed by atoms with Gasteiger partial charge in [-0.05, 0) is 19.1 Å². The predicted octanol–water partition coefficient (Wildman–Crippen LogP) is 3.31. The average molecular weight is 330 g/mol. The number of rotatable bonds is 4. The molecule has 0 bridgehead atoms. The number of hydrogen-bond donors (Lipinski definition) is 0. The molecule has 0 amide bonds. The van der Waals surface area contributed by atoms with Gasteiger partial charge < -0.3 is 18.6 Å². The molecule has 0 spiro atoms. The van der Waals surface area contributed by atoms with Crippen molar-refractivity contribution in [3.05, 3.63) is 53.0 Å². The summed E-state index contributed by atoms with van der Waals surface area (Å²) in [6, 6.07) is 6.89. The number of para-hydroxylation sites is 1. The van der Waals surface area contributed by atoms with Crippen LogP contribution in [0, 0.1) is 0 Å². The molecule has 1 aliphatic rings. The minimum absolute atomic E-state index is 0.00458. The SMILES string of the molecule is COC(=O)c1ccoc1COC(=O)c1cccc2c1O[C@@H](C)[C@@H]2C. The van der Waals surface area contributed by atoms with Gasteiger partial charge in [-0.1, -0.05) is 19.1 Å². The highest BCUT2D eigenvalue weighted by Crippen LogP contribution is 2.40. The third-order valence-corrected chi connectivity index (χ3v) is 4.25. The maximum Gasteiger partial charge on any atom is 0.342 e. The van der Waals surface area contributed by atoms with E-state index in [2.05, 4.69) is 11.7 Å². The molecule has 0 fully saturated rings. The first-order valence-electron chi connectivity index (χ1n) is 7.64. The summed E-state index contributed by atoms with van der Waals surface area (Å²) in [5, 5.41) is 0. The van der Waals surface area contributed by atoms with Crippen LogP contribution in [-0.2, 0) is 16.1 Å². The molecule has 126 valence electrons. The van der Waals surface area contributed by atoms with Gasteiger partial charge in [-0.25, -0.2) is 9.59 Å². The summed E-state index contributed by atoms with van der Waals surface area (Å²) in [5.41, 5.74) is 1.60. The van der Waals surface area contributed by atoms with Gasteiger partial charge in [0.25, 0.3) is 0 Å². The average Bonchev–Trinajstić information content (AvgIpc) is 3.17. The van der Waals surface area contributed by atoms with Crippen molar-refractivity contribution in [2.45, 2.75) is 32.5 Å². The lowest BCUT2D eigenvalue weighted by Gasteiger charge is -2.09. The molecule has 0 N–H and O–H groups in total. The maximum absolute atomic E-state index is 12.4. The van der Waals surface area contributed by atoms with Crippen molar-refractivity contribution in [2.24, 2.45) is 0 Å². The molecule has 0 saturated carbocycles. The zero-order chi connectivity index (χ0) is 17.3.